The maximum absolute atomic E-state index is 11.5. The number of rotatable bonds is 2. The molecule has 1 aromatic carbocycles. The molecule has 0 spiro atoms. The van der Waals surface area contributed by atoms with Gasteiger partial charge in [0.2, 0.25) is 0 Å². The normalized spacial score (nSPS) is 10.0. The molecule has 0 aliphatic rings. The summed E-state index contributed by atoms with van der Waals surface area (Å²) in [6.07, 6.45) is -0.590. The monoisotopic (exact) mass is 232 g/mol. The largest absolute Gasteiger partial charge is 0.418 e. The number of para-hydroxylation sites is 1. The first-order valence-electron chi connectivity index (χ1n) is 5.13. The van der Waals surface area contributed by atoms with Gasteiger partial charge in [0.1, 0.15) is 11.5 Å². The van der Waals surface area contributed by atoms with Crippen LogP contribution in [0.1, 0.15) is 11.3 Å². The van der Waals surface area contributed by atoms with Gasteiger partial charge >= 0.3 is 6.09 Å². The van der Waals surface area contributed by atoms with Crippen LogP contribution in [0.2, 0.25) is 0 Å². The van der Waals surface area contributed by atoms with Crippen molar-refractivity contribution in [2.45, 2.75) is 13.8 Å². The van der Waals surface area contributed by atoms with Gasteiger partial charge in [-0.1, -0.05) is 23.4 Å². The highest BCUT2D eigenvalue weighted by Gasteiger charge is 2.12. The lowest BCUT2D eigenvalue weighted by molar-refractivity contribution is 0.215. The second-order valence-corrected chi connectivity index (χ2v) is 3.54. The van der Waals surface area contributed by atoms with Crippen LogP contribution in [0.25, 0.3) is 0 Å². The van der Waals surface area contributed by atoms with Gasteiger partial charge in [0.05, 0.1) is 0 Å². The number of aromatic nitrogens is 1. The summed E-state index contributed by atoms with van der Waals surface area (Å²) >= 11 is 0. The molecule has 0 fully saturated rings. The van der Waals surface area contributed by atoms with Crippen molar-refractivity contribution in [1.82, 2.24) is 5.16 Å². The van der Waals surface area contributed by atoms with Crippen LogP contribution in [0.4, 0.5) is 10.6 Å². The molecule has 0 radical (unpaired) electrons. The van der Waals surface area contributed by atoms with E-state index in [1.54, 1.807) is 31.2 Å². The van der Waals surface area contributed by atoms with Gasteiger partial charge in [0, 0.05) is 5.56 Å². The number of benzene rings is 1. The van der Waals surface area contributed by atoms with Crippen molar-refractivity contribution in [1.29, 1.82) is 0 Å². The summed E-state index contributed by atoms with van der Waals surface area (Å²) in [5, 5.41) is 6.22. The molecule has 0 bridgehead atoms. The Bertz CT molecular complexity index is 520. The first-order chi connectivity index (χ1) is 8.16. The average Bonchev–Trinajstić information content (AvgIpc) is 2.62. The van der Waals surface area contributed by atoms with E-state index in [1.165, 1.54) is 0 Å². The lowest BCUT2D eigenvalue weighted by Gasteiger charge is -2.04. The zero-order chi connectivity index (χ0) is 12.3. The second-order valence-electron chi connectivity index (χ2n) is 3.54. The third-order valence-electron chi connectivity index (χ3n) is 2.33. The van der Waals surface area contributed by atoms with Gasteiger partial charge in [-0.3, -0.25) is 5.32 Å². The van der Waals surface area contributed by atoms with E-state index in [2.05, 4.69) is 10.5 Å². The molecule has 0 saturated carbocycles. The summed E-state index contributed by atoms with van der Waals surface area (Å²) in [7, 11) is 0. The number of carbonyl (C=O) groups is 1. The lowest BCUT2D eigenvalue weighted by atomic mass is 10.3. The van der Waals surface area contributed by atoms with Crippen LogP contribution in [-0.4, -0.2) is 11.2 Å². The number of aryl methyl sites for hydroxylation is 1. The van der Waals surface area contributed by atoms with Crippen molar-refractivity contribution in [3.63, 3.8) is 0 Å². The summed E-state index contributed by atoms with van der Waals surface area (Å²) in [6.45, 7) is 3.58. The molecule has 1 N–H and O–H groups in total. The van der Waals surface area contributed by atoms with Crippen molar-refractivity contribution < 1.29 is 14.1 Å². The summed E-state index contributed by atoms with van der Waals surface area (Å²) in [5.41, 5.74) is 0.787. The molecular formula is C12H12N2O3. The molecule has 1 heterocycles. The van der Waals surface area contributed by atoms with E-state index in [1.807, 2.05) is 13.0 Å². The minimum absolute atomic E-state index is 0.378. The number of amides is 1. The lowest BCUT2D eigenvalue weighted by Crippen LogP contribution is -2.17. The minimum atomic E-state index is -0.590. The topological polar surface area (TPSA) is 64.4 Å². The Balaban J connectivity index is 2.01. The molecule has 88 valence electrons. The van der Waals surface area contributed by atoms with Crippen molar-refractivity contribution in [2.75, 3.05) is 5.32 Å². The predicted molar refractivity (Wildman–Crippen MR) is 62.1 cm³/mol. The smallest absolute Gasteiger partial charge is 0.410 e. The number of hydrogen-bond acceptors (Lipinski definition) is 4. The molecule has 0 aliphatic heterocycles. The fourth-order valence-corrected chi connectivity index (χ4v) is 1.25. The standard InChI is InChI=1S/C12H12N2O3/c1-8-9(2)17-14-11(8)13-12(15)16-10-6-4-3-5-7-10/h3-7H,1-2H3,(H,13,14,15). The Hall–Kier alpha value is -2.30. The molecule has 0 atom stereocenters. The molecule has 5 nitrogen and oxygen atoms in total. The van der Waals surface area contributed by atoms with Crippen molar-refractivity contribution in [3.8, 4) is 5.75 Å². The van der Waals surface area contributed by atoms with E-state index in [4.69, 9.17) is 9.26 Å². The summed E-state index contributed by atoms with van der Waals surface area (Å²) in [4.78, 5) is 11.5. The summed E-state index contributed by atoms with van der Waals surface area (Å²) in [5.74, 6) is 1.52. The van der Waals surface area contributed by atoms with Gasteiger partial charge < -0.3 is 9.26 Å². The Kier molecular flexibility index (Phi) is 3.09. The Morgan fingerprint density at radius 3 is 2.59 bits per heavy atom. The number of nitrogens with one attached hydrogen (secondary N) is 1. The molecule has 2 aromatic rings. The first-order valence-corrected chi connectivity index (χ1v) is 5.13. The fraction of sp³-hybridized carbons (Fsp3) is 0.167. The highest BCUT2D eigenvalue weighted by molar-refractivity contribution is 5.85. The number of hydrogen-bond donors (Lipinski definition) is 1. The quantitative estimate of drug-likeness (QED) is 0.864. The third-order valence-corrected chi connectivity index (χ3v) is 2.33. The molecule has 1 amide bonds. The van der Waals surface area contributed by atoms with E-state index in [-0.39, 0.29) is 0 Å². The number of ether oxygens (including phenoxy) is 1. The first kappa shape index (κ1) is 11.2. The van der Waals surface area contributed by atoms with E-state index >= 15 is 0 Å². The zero-order valence-electron chi connectivity index (χ0n) is 9.56. The second kappa shape index (κ2) is 4.69. The molecule has 17 heavy (non-hydrogen) atoms. The molecule has 0 unspecified atom stereocenters. The Labute approximate surface area is 98.4 Å². The van der Waals surface area contributed by atoms with E-state index in [9.17, 15) is 4.79 Å². The molecular weight excluding hydrogens is 220 g/mol. The highest BCUT2D eigenvalue weighted by atomic mass is 16.6. The van der Waals surface area contributed by atoms with Gasteiger partial charge in [-0.15, -0.1) is 0 Å². The van der Waals surface area contributed by atoms with Crippen LogP contribution in [0.5, 0.6) is 5.75 Å². The van der Waals surface area contributed by atoms with Gasteiger partial charge in [0.15, 0.2) is 5.82 Å². The maximum atomic E-state index is 11.5. The maximum Gasteiger partial charge on any atom is 0.418 e. The van der Waals surface area contributed by atoms with Crippen LogP contribution in [0.3, 0.4) is 0 Å². The van der Waals surface area contributed by atoms with Gasteiger partial charge in [-0.25, -0.2) is 4.79 Å². The van der Waals surface area contributed by atoms with Crippen molar-refractivity contribution in [2.24, 2.45) is 0 Å². The van der Waals surface area contributed by atoms with Crippen LogP contribution in [0, 0.1) is 13.8 Å². The van der Waals surface area contributed by atoms with Gasteiger partial charge in [0.25, 0.3) is 0 Å². The zero-order valence-corrected chi connectivity index (χ0v) is 9.56. The highest BCUT2D eigenvalue weighted by Crippen LogP contribution is 2.17. The number of anilines is 1. The molecule has 0 aliphatic carbocycles. The Morgan fingerprint density at radius 2 is 2.00 bits per heavy atom. The minimum Gasteiger partial charge on any atom is -0.410 e. The van der Waals surface area contributed by atoms with Crippen LogP contribution in [-0.2, 0) is 0 Å². The summed E-state index contributed by atoms with van der Waals surface area (Å²) in [6, 6.07) is 8.80. The van der Waals surface area contributed by atoms with Gasteiger partial charge in [-0.2, -0.15) is 0 Å². The van der Waals surface area contributed by atoms with Crippen LogP contribution in [0.15, 0.2) is 34.9 Å². The van der Waals surface area contributed by atoms with E-state index in [0.29, 0.717) is 17.3 Å². The molecule has 1 aromatic heterocycles. The van der Waals surface area contributed by atoms with Crippen LogP contribution < -0.4 is 10.1 Å². The SMILES string of the molecule is Cc1onc(NC(=O)Oc2ccccc2)c1C. The van der Waals surface area contributed by atoms with E-state index in [0.717, 1.165) is 5.56 Å². The van der Waals surface area contributed by atoms with Crippen LogP contribution >= 0.6 is 0 Å². The molecule has 2 rings (SSSR count). The predicted octanol–water partition coefficient (Wildman–Crippen LogP) is 2.90. The third kappa shape index (κ3) is 2.63. The average molecular weight is 232 g/mol. The molecule has 5 heteroatoms. The summed E-state index contributed by atoms with van der Waals surface area (Å²) < 4.78 is 9.98. The molecule has 0 saturated heterocycles. The van der Waals surface area contributed by atoms with Crippen molar-refractivity contribution >= 4 is 11.9 Å². The van der Waals surface area contributed by atoms with E-state index < -0.39 is 6.09 Å². The number of nitrogens with zero attached hydrogens (tertiary/aromatic N) is 1. The number of carbonyl (C=O) groups excluding carboxylic acids is 1. The van der Waals surface area contributed by atoms with Crippen molar-refractivity contribution in [3.05, 3.63) is 41.7 Å². The Morgan fingerprint density at radius 1 is 1.29 bits per heavy atom. The van der Waals surface area contributed by atoms with Gasteiger partial charge in [-0.05, 0) is 26.0 Å². The fourth-order valence-electron chi connectivity index (χ4n) is 1.25.